The first kappa shape index (κ1) is 9.80. The number of rotatable bonds is 1. The minimum Gasteiger partial charge on any atom is -0.264 e. The normalized spacial score (nSPS) is 10.1. The van der Waals surface area contributed by atoms with Crippen LogP contribution in [-0.2, 0) is 0 Å². The lowest BCUT2D eigenvalue weighted by molar-refractivity contribution is 1.25. The number of halogens is 2. The Balaban J connectivity index is 2.58. The van der Waals surface area contributed by atoms with Crippen LogP contribution >= 0.6 is 31.9 Å². The Kier molecular flexibility index (Phi) is 2.93. The van der Waals surface area contributed by atoms with Crippen molar-refractivity contribution in [2.75, 3.05) is 0 Å². The van der Waals surface area contributed by atoms with E-state index in [0.29, 0.717) is 0 Å². The van der Waals surface area contributed by atoms with Gasteiger partial charge in [-0.15, -0.1) is 0 Å². The van der Waals surface area contributed by atoms with Crippen LogP contribution in [0.4, 0.5) is 0 Å². The van der Waals surface area contributed by atoms with Crippen LogP contribution in [0.2, 0.25) is 0 Å². The van der Waals surface area contributed by atoms with E-state index in [1.165, 1.54) is 0 Å². The summed E-state index contributed by atoms with van der Waals surface area (Å²) in [6, 6.07) is 5.88. The van der Waals surface area contributed by atoms with E-state index in [0.717, 1.165) is 20.2 Å². The van der Waals surface area contributed by atoms with Crippen molar-refractivity contribution in [1.82, 2.24) is 9.97 Å². The summed E-state index contributed by atoms with van der Waals surface area (Å²) in [6.07, 6.45) is 5.34. The summed E-state index contributed by atoms with van der Waals surface area (Å²) in [4.78, 5) is 8.19. The van der Waals surface area contributed by atoms with Crippen molar-refractivity contribution in [1.29, 1.82) is 0 Å². The van der Waals surface area contributed by atoms with Gasteiger partial charge in [-0.3, -0.25) is 4.98 Å². The molecule has 2 heterocycles. The van der Waals surface area contributed by atoms with Crippen molar-refractivity contribution < 1.29 is 0 Å². The van der Waals surface area contributed by atoms with E-state index in [2.05, 4.69) is 41.8 Å². The van der Waals surface area contributed by atoms with Gasteiger partial charge in [0.05, 0.1) is 4.47 Å². The van der Waals surface area contributed by atoms with Crippen molar-refractivity contribution in [3.63, 3.8) is 0 Å². The molecular formula is C10H6Br2N2. The highest BCUT2D eigenvalue weighted by Gasteiger charge is 2.05. The molecule has 2 rings (SSSR count). The van der Waals surface area contributed by atoms with Gasteiger partial charge in [0.1, 0.15) is 4.60 Å². The van der Waals surface area contributed by atoms with Gasteiger partial charge in [0, 0.05) is 29.7 Å². The average Bonchev–Trinajstić information content (AvgIpc) is 2.23. The number of aromatic nitrogens is 2. The Labute approximate surface area is 98.7 Å². The highest BCUT2D eigenvalue weighted by Crippen LogP contribution is 2.31. The third kappa shape index (κ3) is 1.86. The molecule has 0 bridgehead atoms. The Morgan fingerprint density at radius 1 is 1.07 bits per heavy atom. The van der Waals surface area contributed by atoms with E-state index in [1.54, 1.807) is 12.4 Å². The summed E-state index contributed by atoms with van der Waals surface area (Å²) in [6.45, 7) is 0. The van der Waals surface area contributed by atoms with Gasteiger partial charge in [0.25, 0.3) is 0 Å². The van der Waals surface area contributed by atoms with Gasteiger partial charge in [-0.05, 0) is 44.0 Å². The number of hydrogen-bond acceptors (Lipinski definition) is 2. The Morgan fingerprint density at radius 2 is 1.93 bits per heavy atom. The molecule has 0 fully saturated rings. The van der Waals surface area contributed by atoms with Gasteiger partial charge in [-0.25, -0.2) is 4.98 Å². The van der Waals surface area contributed by atoms with Gasteiger partial charge < -0.3 is 0 Å². The van der Waals surface area contributed by atoms with Crippen molar-refractivity contribution in [3.05, 3.63) is 45.9 Å². The van der Waals surface area contributed by atoms with Crippen LogP contribution in [-0.4, -0.2) is 9.97 Å². The molecule has 0 aliphatic carbocycles. The molecule has 0 aliphatic rings. The van der Waals surface area contributed by atoms with Crippen LogP contribution < -0.4 is 0 Å². The molecular weight excluding hydrogens is 308 g/mol. The predicted octanol–water partition coefficient (Wildman–Crippen LogP) is 3.67. The maximum absolute atomic E-state index is 4.11. The lowest BCUT2D eigenvalue weighted by atomic mass is 10.1. The van der Waals surface area contributed by atoms with Crippen molar-refractivity contribution in [3.8, 4) is 11.1 Å². The van der Waals surface area contributed by atoms with Gasteiger partial charge in [-0.1, -0.05) is 6.07 Å². The zero-order chi connectivity index (χ0) is 9.97. The summed E-state index contributed by atoms with van der Waals surface area (Å²) in [5.41, 5.74) is 2.16. The van der Waals surface area contributed by atoms with Crippen molar-refractivity contribution >= 4 is 31.9 Å². The fourth-order valence-corrected chi connectivity index (χ4v) is 1.96. The number of pyridine rings is 2. The van der Waals surface area contributed by atoms with Gasteiger partial charge in [0.15, 0.2) is 0 Å². The smallest absolute Gasteiger partial charge is 0.120 e. The topological polar surface area (TPSA) is 25.8 Å². The summed E-state index contributed by atoms with van der Waals surface area (Å²) in [5, 5.41) is 0. The third-order valence-electron chi connectivity index (χ3n) is 1.82. The van der Waals surface area contributed by atoms with E-state index in [1.807, 2.05) is 24.4 Å². The zero-order valence-corrected chi connectivity index (χ0v) is 10.3. The predicted molar refractivity (Wildman–Crippen MR) is 62.9 cm³/mol. The third-order valence-corrected chi connectivity index (χ3v) is 3.76. The molecule has 0 amide bonds. The van der Waals surface area contributed by atoms with E-state index in [-0.39, 0.29) is 0 Å². The lowest BCUT2D eigenvalue weighted by Gasteiger charge is -2.04. The molecule has 2 aromatic heterocycles. The molecule has 0 N–H and O–H groups in total. The highest BCUT2D eigenvalue weighted by atomic mass is 79.9. The Hall–Kier alpha value is -0.740. The quantitative estimate of drug-likeness (QED) is 0.751. The first-order valence-corrected chi connectivity index (χ1v) is 5.58. The highest BCUT2D eigenvalue weighted by molar-refractivity contribution is 9.13. The molecule has 0 atom stereocenters. The van der Waals surface area contributed by atoms with Crippen molar-refractivity contribution in [2.24, 2.45) is 0 Å². The second-order valence-corrected chi connectivity index (χ2v) is 4.25. The lowest BCUT2D eigenvalue weighted by Crippen LogP contribution is -1.84. The van der Waals surface area contributed by atoms with Crippen LogP contribution in [0.3, 0.4) is 0 Å². The van der Waals surface area contributed by atoms with Gasteiger partial charge in [-0.2, -0.15) is 0 Å². The Bertz CT molecular complexity index is 443. The van der Waals surface area contributed by atoms with E-state index >= 15 is 0 Å². The molecule has 0 aromatic carbocycles. The van der Waals surface area contributed by atoms with Gasteiger partial charge in [0.2, 0.25) is 0 Å². The number of hydrogen-bond donors (Lipinski definition) is 0. The first-order valence-electron chi connectivity index (χ1n) is 3.99. The van der Waals surface area contributed by atoms with E-state index in [9.17, 15) is 0 Å². The molecule has 0 radical (unpaired) electrons. The first-order chi connectivity index (χ1) is 6.79. The fourth-order valence-electron chi connectivity index (χ4n) is 1.16. The summed E-state index contributed by atoms with van der Waals surface area (Å²) >= 11 is 6.84. The molecule has 0 spiro atoms. The number of nitrogens with zero attached hydrogens (tertiary/aromatic N) is 2. The summed E-state index contributed by atoms with van der Waals surface area (Å²) < 4.78 is 1.76. The van der Waals surface area contributed by atoms with Crippen molar-refractivity contribution in [2.45, 2.75) is 0 Å². The van der Waals surface area contributed by atoms with Crippen LogP contribution in [0.25, 0.3) is 11.1 Å². The SMILES string of the molecule is Brc1nccc(-c2cccnc2)c1Br. The summed E-state index contributed by atoms with van der Waals surface area (Å²) in [7, 11) is 0. The molecule has 2 aromatic rings. The molecule has 0 saturated heterocycles. The second kappa shape index (κ2) is 4.19. The molecule has 70 valence electrons. The largest absolute Gasteiger partial charge is 0.264 e. The van der Waals surface area contributed by atoms with E-state index < -0.39 is 0 Å². The molecule has 0 aliphatic heterocycles. The maximum Gasteiger partial charge on any atom is 0.120 e. The van der Waals surface area contributed by atoms with Crippen LogP contribution in [0.1, 0.15) is 0 Å². The summed E-state index contributed by atoms with van der Waals surface area (Å²) in [5.74, 6) is 0. The monoisotopic (exact) mass is 312 g/mol. The van der Waals surface area contributed by atoms with Crippen LogP contribution in [0.15, 0.2) is 45.9 Å². The van der Waals surface area contributed by atoms with E-state index in [4.69, 9.17) is 0 Å². The molecule has 0 unspecified atom stereocenters. The zero-order valence-electron chi connectivity index (χ0n) is 7.11. The Morgan fingerprint density at radius 3 is 2.64 bits per heavy atom. The van der Waals surface area contributed by atoms with Gasteiger partial charge >= 0.3 is 0 Å². The molecule has 14 heavy (non-hydrogen) atoms. The minimum atomic E-state index is 0.804. The average molecular weight is 314 g/mol. The van der Waals surface area contributed by atoms with Crippen LogP contribution in [0.5, 0.6) is 0 Å². The van der Waals surface area contributed by atoms with Crippen LogP contribution in [0, 0.1) is 0 Å². The fraction of sp³-hybridized carbons (Fsp3) is 0. The second-order valence-electron chi connectivity index (χ2n) is 2.71. The molecule has 4 heteroatoms. The maximum atomic E-state index is 4.11. The molecule has 0 saturated carbocycles. The standard InChI is InChI=1S/C10H6Br2N2/c11-9-8(3-5-14-10(9)12)7-2-1-4-13-6-7/h1-6H. The molecule has 2 nitrogen and oxygen atoms in total. The minimum absolute atomic E-state index is 0.804.